The van der Waals surface area contributed by atoms with Crippen LogP contribution >= 0.6 is 0 Å². The molecule has 0 bridgehead atoms. The highest BCUT2D eigenvalue weighted by molar-refractivity contribution is 5.99. The van der Waals surface area contributed by atoms with E-state index in [9.17, 15) is 4.79 Å². The number of rotatable bonds is 4. The largest absolute Gasteiger partial charge is 0.372 e. The van der Waals surface area contributed by atoms with Crippen molar-refractivity contribution in [3.05, 3.63) is 36.4 Å². The average molecular weight is 423 g/mol. The minimum Gasteiger partial charge on any atom is -0.372 e. The van der Waals surface area contributed by atoms with Crippen molar-refractivity contribution in [2.45, 2.75) is 40.5 Å². The number of anilines is 2. The molecule has 31 heavy (non-hydrogen) atoms. The molecule has 1 amide bonds. The summed E-state index contributed by atoms with van der Waals surface area (Å²) in [6.45, 7) is 8.20. The molecule has 0 aliphatic carbocycles. The predicted molar refractivity (Wildman–Crippen MR) is 116 cm³/mol. The third-order valence-electron chi connectivity index (χ3n) is 4.18. The Morgan fingerprint density at radius 1 is 1.06 bits per heavy atom. The second kappa shape index (κ2) is 10.2. The number of aromatic nitrogens is 7. The maximum absolute atomic E-state index is 11.4. The zero-order valence-electron chi connectivity index (χ0n) is 17.9. The first kappa shape index (κ1) is 21.8. The highest BCUT2D eigenvalue weighted by atomic mass is 16.5. The number of carbonyl (C=O) groups is 1. The second-order valence-corrected chi connectivity index (χ2v) is 5.97. The molecule has 0 atom stereocenters. The van der Waals surface area contributed by atoms with Gasteiger partial charge in [0.15, 0.2) is 17.3 Å². The van der Waals surface area contributed by atoms with Gasteiger partial charge in [0.1, 0.15) is 29.6 Å². The van der Waals surface area contributed by atoms with Gasteiger partial charge in [-0.1, -0.05) is 32.9 Å². The number of nitrogens with zero attached hydrogens (tertiary/aromatic N) is 6. The number of aromatic amines is 1. The lowest BCUT2D eigenvalue weighted by Gasteiger charge is -2.19. The summed E-state index contributed by atoms with van der Waals surface area (Å²) in [5.74, 6) is 1.65. The molecule has 0 aromatic carbocycles. The maximum Gasteiger partial charge on any atom is 0.244 e. The van der Waals surface area contributed by atoms with E-state index in [0.29, 0.717) is 41.6 Å². The third-order valence-corrected chi connectivity index (χ3v) is 4.18. The van der Waals surface area contributed by atoms with Crippen LogP contribution in [0.1, 0.15) is 39.1 Å². The van der Waals surface area contributed by atoms with E-state index >= 15 is 0 Å². The van der Waals surface area contributed by atoms with Crippen LogP contribution in [0.15, 0.2) is 29.4 Å². The lowest BCUT2D eigenvalue weighted by Crippen LogP contribution is -2.29. The van der Waals surface area contributed by atoms with Crippen molar-refractivity contribution in [2.24, 2.45) is 0 Å². The molecule has 5 heterocycles. The van der Waals surface area contributed by atoms with E-state index in [4.69, 9.17) is 4.52 Å². The highest BCUT2D eigenvalue weighted by Gasteiger charge is 2.19. The summed E-state index contributed by atoms with van der Waals surface area (Å²) in [4.78, 5) is 35.4. The minimum atomic E-state index is -0.123. The van der Waals surface area contributed by atoms with Crippen LogP contribution in [-0.2, 0) is 17.6 Å². The summed E-state index contributed by atoms with van der Waals surface area (Å²) >= 11 is 0. The number of fused-ring (bicyclic) bond motifs is 2. The van der Waals surface area contributed by atoms with Crippen molar-refractivity contribution in [1.82, 2.24) is 35.1 Å². The number of hydrogen-bond donors (Lipinski definition) is 3. The van der Waals surface area contributed by atoms with Gasteiger partial charge in [0.25, 0.3) is 0 Å². The van der Waals surface area contributed by atoms with Gasteiger partial charge in [-0.2, -0.15) is 0 Å². The van der Waals surface area contributed by atoms with Crippen molar-refractivity contribution in [1.29, 1.82) is 0 Å². The second-order valence-electron chi connectivity index (χ2n) is 5.97. The first-order chi connectivity index (χ1) is 15.3. The van der Waals surface area contributed by atoms with Gasteiger partial charge in [0.2, 0.25) is 5.91 Å². The molecule has 0 radical (unpaired) electrons. The molecule has 11 nitrogen and oxygen atoms in total. The van der Waals surface area contributed by atoms with Crippen LogP contribution in [0.25, 0.3) is 22.7 Å². The van der Waals surface area contributed by atoms with Gasteiger partial charge in [-0.05, 0) is 6.42 Å². The van der Waals surface area contributed by atoms with Crippen molar-refractivity contribution in [3.8, 4) is 11.5 Å². The SMILES string of the molecule is CC.CC.O=C1CNc2c(CCc3cc(-c4nc5ncncc5[nH]4)no3)ncnc2N1. The molecule has 4 aromatic rings. The van der Waals surface area contributed by atoms with Crippen LogP contribution in [0.5, 0.6) is 0 Å². The minimum absolute atomic E-state index is 0.123. The fourth-order valence-corrected chi connectivity index (χ4v) is 2.90. The first-order valence-electron chi connectivity index (χ1n) is 10.3. The molecular weight excluding hydrogens is 398 g/mol. The van der Waals surface area contributed by atoms with Gasteiger partial charge in [0, 0.05) is 12.5 Å². The summed E-state index contributed by atoms with van der Waals surface area (Å²) in [7, 11) is 0. The number of nitrogens with one attached hydrogen (secondary N) is 3. The Morgan fingerprint density at radius 3 is 2.71 bits per heavy atom. The molecule has 1 aliphatic rings. The maximum atomic E-state index is 11.4. The molecule has 162 valence electrons. The number of amides is 1. The predicted octanol–water partition coefficient (Wildman–Crippen LogP) is 3.00. The lowest BCUT2D eigenvalue weighted by atomic mass is 10.1. The summed E-state index contributed by atoms with van der Waals surface area (Å²) in [5, 5.41) is 9.85. The summed E-state index contributed by atoms with van der Waals surface area (Å²) in [6, 6.07) is 1.83. The summed E-state index contributed by atoms with van der Waals surface area (Å²) < 4.78 is 5.42. The van der Waals surface area contributed by atoms with E-state index < -0.39 is 0 Å². The van der Waals surface area contributed by atoms with Crippen molar-refractivity contribution in [2.75, 3.05) is 17.2 Å². The Bertz CT molecular complexity index is 1120. The van der Waals surface area contributed by atoms with Gasteiger partial charge >= 0.3 is 0 Å². The van der Waals surface area contributed by atoms with E-state index in [1.807, 2.05) is 33.8 Å². The molecule has 0 unspecified atom stereocenters. The molecule has 1 aliphatic heterocycles. The number of carbonyl (C=O) groups excluding carboxylic acids is 1. The van der Waals surface area contributed by atoms with Gasteiger partial charge in [0.05, 0.1) is 24.1 Å². The quantitative estimate of drug-likeness (QED) is 0.450. The van der Waals surface area contributed by atoms with Crippen LogP contribution in [0.2, 0.25) is 0 Å². The van der Waals surface area contributed by atoms with E-state index in [1.54, 1.807) is 6.20 Å². The van der Waals surface area contributed by atoms with Crippen molar-refractivity contribution in [3.63, 3.8) is 0 Å². The molecule has 0 spiro atoms. The van der Waals surface area contributed by atoms with Gasteiger partial charge < -0.3 is 20.1 Å². The Kier molecular flexibility index (Phi) is 7.20. The van der Waals surface area contributed by atoms with Crippen LogP contribution in [0.3, 0.4) is 0 Å². The van der Waals surface area contributed by atoms with Crippen molar-refractivity contribution < 1.29 is 9.32 Å². The Labute approximate surface area is 179 Å². The van der Waals surface area contributed by atoms with E-state index in [-0.39, 0.29) is 12.5 Å². The van der Waals surface area contributed by atoms with Gasteiger partial charge in [-0.25, -0.2) is 24.9 Å². The van der Waals surface area contributed by atoms with Crippen LogP contribution in [-0.4, -0.2) is 47.5 Å². The monoisotopic (exact) mass is 423 g/mol. The van der Waals surface area contributed by atoms with Crippen LogP contribution in [0, 0.1) is 0 Å². The smallest absolute Gasteiger partial charge is 0.244 e. The van der Waals surface area contributed by atoms with Crippen molar-refractivity contribution >= 4 is 28.6 Å². The molecule has 0 fully saturated rings. The summed E-state index contributed by atoms with van der Waals surface area (Å²) in [5.41, 5.74) is 3.45. The molecular formula is C20H25N9O2. The molecule has 0 saturated carbocycles. The molecule has 11 heteroatoms. The van der Waals surface area contributed by atoms with E-state index in [2.05, 4.69) is 45.7 Å². The first-order valence-corrected chi connectivity index (χ1v) is 10.3. The zero-order valence-corrected chi connectivity index (χ0v) is 17.9. The fraction of sp³-hybridized carbons (Fsp3) is 0.350. The molecule has 4 aromatic heterocycles. The Balaban J connectivity index is 0.000000645. The molecule has 5 rings (SSSR count). The summed E-state index contributed by atoms with van der Waals surface area (Å²) in [6.07, 6.45) is 5.73. The highest BCUT2D eigenvalue weighted by Crippen LogP contribution is 2.26. The number of imidazole rings is 1. The Hall–Kier alpha value is -3.89. The zero-order chi connectivity index (χ0) is 22.2. The molecule has 3 N–H and O–H groups in total. The van der Waals surface area contributed by atoms with Gasteiger partial charge in [-0.15, -0.1) is 0 Å². The number of hydrogen-bond acceptors (Lipinski definition) is 9. The van der Waals surface area contributed by atoms with E-state index in [0.717, 1.165) is 16.9 Å². The van der Waals surface area contributed by atoms with Gasteiger partial charge in [-0.3, -0.25) is 4.79 Å². The average Bonchev–Trinajstić information content (AvgIpc) is 3.47. The number of H-pyrrole nitrogens is 1. The Morgan fingerprint density at radius 2 is 1.90 bits per heavy atom. The standard InChI is InChI=1S/C16H13N9O2.2C2H6/c26-12-5-18-13-9(19-7-21-16(13)23-12)2-1-8-3-10(25-27-8)15-22-11-4-17-6-20-14(11)24-15;2*1-2/h3-4,6-7,18H,1-2,5H2,(H,17,20,22,24)(H,19,21,23,26);2*1-2H3. The van der Waals surface area contributed by atoms with Crippen LogP contribution < -0.4 is 10.6 Å². The number of aryl methyl sites for hydroxylation is 2. The lowest BCUT2D eigenvalue weighted by molar-refractivity contribution is -0.114. The topological polar surface area (TPSA) is 147 Å². The molecule has 0 saturated heterocycles. The third kappa shape index (κ3) is 4.82. The van der Waals surface area contributed by atoms with E-state index in [1.165, 1.54) is 12.7 Å². The fourth-order valence-electron chi connectivity index (χ4n) is 2.90. The van der Waals surface area contributed by atoms with Crippen LogP contribution in [0.4, 0.5) is 11.5 Å². The normalized spacial score (nSPS) is 11.9.